The number of hydrogen-bond donors (Lipinski definition) is 2. The standard InChI is InChI=1S/C12H17N3.HI/c1-13-12(14-2)15-11-8-10(11)9-6-4-3-5-7-9;/h3-7,10-11H,8H2,1-2H3,(H2,13,14,15);1H. The van der Waals surface area contributed by atoms with E-state index in [4.69, 9.17) is 0 Å². The Hall–Kier alpha value is -0.780. The smallest absolute Gasteiger partial charge is 0.190 e. The number of nitrogens with one attached hydrogen (secondary N) is 2. The fourth-order valence-electron chi connectivity index (χ4n) is 1.85. The van der Waals surface area contributed by atoms with Gasteiger partial charge in [0.1, 0.15) is 0 Å². The monoisotopic (exact) mass is 331 g/mol. The molecule has 0 aromatic heterocycles. The van der Waals surface area contributed by atoms with Gasteiger partial charge in [0.2, 0.25) is 0 Å². The molecular weight excluding hydrogens is 313 g/mol. The number of benzene rings is 1. The van der Waals surface area contributed by atoms with E-state index in [-0.39, 0.29) is 24.0 Å². The van der Waals surface area contributed by atoms with Crippen molar-refractivity contribution in [1.29, 1.82) is 0 Å². The molecule has 2 unspecified atom stereocenters. The molecule has 0 radical (unpaired) electrons. The molecule has 0 spiro atoms. The maximum atomic E-state index is 4.11. The van der Waals surface area contributed by atoms with Crippen LogP contribution in [0, 0.1) is 0 Å². The van der Waals surface area contributed by atoms with Gasteiger partial charge < -0.3 is 10.6 Å². The van der Waals surface area contributed by atoms with Gasteiger partial charge in [-0.25, -0.2) is 0 Å². The van der Waals surface area contributed by atoms with Crippen LogP contribution >= 0.6 is 24.0 Å². The second kappa shape index (κ2) is 6.08. The summed E-state index contributed by atoms with van der Waals surface area (Å²) < 4.78 is 0. The summed E-state index contributed by atoms with van der Waals surface area (Å²) >= 11 is 0. The fourth-order valence-corrected chi connectivity index (χ4v) is 1.85. The van der Waals surface area contributed by atoms with E-state index in [9.17, 15) is 0 Å². The molecule has 2 rings (SSSR count). The highest BCUT2D eigenvalue weighted by Crippen LogP contribution is 2.40. The lowest BCUT2D eigenvalue weighted by Gasteiger charge is -2.07. The Bertz CT molecular complexity index is 351. The molecule has 0 amide bonds. The van der Waals surface area contributed by atoms with Crippen molar-refractivity contribution in [3.05, 3.63) is 35.9 Å². The molecule has 1 aromatic rings. The molecule has 16 heavy (non-hydrogen) atoms. The van der Waals surface area contributed by atoms with E-state index in [1.54, 1.807) is 7.05 Å². The number of rotatable bonds is 2. The van der Waals surface area contributed by atoms with E-state index in [0.717, 1.165) is 5.96 Å². The van der Waals surface area contributed by atoms with E-state index in [0.29, 0.717) is 12.0 Å². The number of aliphatic imine (C=N–C) groups is 1. The van der Waals surface area contributed by atoms with E-state index >= 15 is 0 Å². The second-order valence-corrected chi connectivity index (χ2v) is 3.83. The SMILES string of the molecule is CN=C(NC)NC1CC1c1ccccc1.I. The highest BCUT2D eigenvalue weighted by Gasteiger charge is 2.38. The van der Waals surface area contributed by atoms with Crippen LogP contribution in [0.25, 0.3) is 0 Å². The first-order valence-electron chi connectivity index (χ1n) is 5.31. The summed E-state index contributed by atoms with van der Waals surface area (Å²) in [6, 6.07) is 11.2. The van der Waals surface area contributed by atoms with Crippen LogP contribution in [0.1, 0.15) is 17.9 Å². The van der Waals surface area contributed by atoms with Crippen molar-refractivity contribution in [3.8, 4) is 0 Å². The third kappa shape index (κ3) is 3.10. The van der Waals surface area contributed by atoms with Gasteiger partial charge in [0.05, 0.1) is 0 Å². The summed E-state index contributed by atoms with van der Waals surface area (Å²) in [5.74, 6) is 1.52. The first-order chi connectivity index (χ1) is 7.35. The van der Waals surface area contributed by atoms with Gasteiger partial charge in [-0.3, -0.25) is 4.99 Å². The van der Waals surface area contributed by atoms with Crippen molar-refractivity contribution in [1.82, 2.24) is 10.6 Å². The van der Waals surface area contributed by atoms with Gasteiger partial charge in [0, 0.05) is 26.1 Å². The molecule has 2 atom stereocenters. The zero-order chi connectivity index (χ0) is 10.7. The van der Waals surface area contributed by atoms with Gasteiger partial charge in [-0.2, -0.15) is 0 Å². The molecule has 88 valence electrons. The lowest BCUT2D eigenvalue weighted by atomic mass is 10.1. The van der Waals surface area contributed by atoms with Crippen LogP contribution in [0.15, 0.2) is 35.3 Å². The van der Waals surface area contributed by atoms with Crippen LogP contribution in [0.2, 0.25) is 0 Å². The van der Waals surface area contributed by atoms with Crippen LogP contribution in [-0.4, -0.2) is 26.1 Å². The Morgan fingerprint density at radius 1 is 1.31 bits per heavy atom. The number of nitrogens with zero attached hydrogens (tertiary/aromatic N) is 1. The average molecular weight is 331 g/mol. The molecule has 1 aromatic carbocycles. The van der Waals surface area contributed by atoms with Crippen molar-refractivity contribution in [2.75, 3.05) is 14.1 Å². The van der Waals surface area contributed by atoms with Crippen LogP contribution < -0.4 is 10.6 Å². The van der Waals surface area contributed by atoms with Gasteiger partial charge >= 0.3 is 0 Å². The van der Waals surface area contributed by atoms with Gasteiger partial charge in [-0.15, -0.1) is 24.0 Å². The van der Waals surface area contributed by atoms with Gasteiger partial charge in [-0.1, -0.05) is 30.3 Å². The second-order valence-electron chi connectivity index (χ2n) is 3.83. The van der Waals surface area contributed by atoms with Crippen LogP contribution in [-0.2, 0) is 0 Å². The molecule has 1 saturated carbocycles. The number of halogens is 1. The van der Waals surface area contributed by atoms with E-state index < -0.39 is 0 Å². The molecule has 1 aliphatic carbocycles. The minimum atomic E-state index is 0. The molecule has 1 fully saturated rings. The lowest BCUT2D eigenvalue weighted by Crippen LogP contribution is -2.36. The fraction of sp³-hybridized carbons (Fsp3) is 0.417. The quantitative estimate of drug-likeness (QED) is 0.494. The van der Waals surface area contributed by atoms with Crippen LogP contribution in [0.5, 0.6) is 0 Å². The van der Waals surface area contributed by atoms with Crippen molar-refractivity contribution in [2.24, 2.45) is 4.99 Å². The molecule has 0 aliphatic heterocycles. The molecule has 0 bridgehead atoms. The summed E-state index contributed by atoms with van der Waals surface area (Å²) in [6.45, 7) is 0. The van der Waals surface area contributed by atoms with E-state index in [1.165, 1.54) is 12.0 Å². The summed E-state index contributed by atoms with van der Waals surface area (Å²) in [5.41, 5.74) is 1.42. The number of guanidine groups is 1. The minimum Gasteiger partial charge on any atom is -0.359 e. The molecule has 4 heteroatoms. The largest absolute Gasteiger partial charge is 0.359 e. The molecule has 1 aliphatic rings. The minimum absolute atomic E-state index is 0. The molecular formula is C12H18IN3. The summed E-state index contributed by atoms with van der Waals surface area (Å²) in [7, 11) is 3.67. The van der Waals surface area contributed by atoms with E-state index in [1.807, 2.05) is 7.05 Å². The summed E-state index contributed by atoms with van der Waals surface area (Å²) in [4.78, 5) is 4.11. The Balaban J connectivity index is 0.00000128. The predicted octanol–water partition coefficient (Wildman–Crippen LogP) is 1.96. The van der Waals surface area contributed by atoms with Crippen LogP contribution in [0.4, 0.5) is 0 Å². The Morgan fingerprint density at radius 2 is 2.00 bits per heavy atom. The maximum absolute atomic E-state index is 4.11. The highest BCUT2D eigenvalue weighted by atomic mass is 127. The third-order valence-electron chi connectivity index (χ3n) is 2.80. The Labute approximate surface area is 114 Å². The lowest BCUT2D eigenvalue weighted by molar-refractivity contribution is 0.831. The van der Waals surface area contributed by atoms with E-state index in [2.05, 4.69) is 46.0 Å². The van der Waals surface area contributed by atoms with Gasteiger partial charge in [-0.05, 0) is 12.0 Å². The van der Waals surface area contributed by atoms with Crippen molar-refractivity contribution >= 4 is 29.9 Å². The van der Waals surface area contributed by atoms with Gasteiger partial charge in [0.15, 0.2) is 5.96 Å². The topological polar surface area (TPSA) is 36.4 Å². The first-order valence-corrected chi connectivity index (χ1v) is 5.31. The normalized spacial score (nSPS) is 23.2. The highest BCUT2D eigenvalue weighted by molar-refractivity contribution is 14.0. The molecule has 0 heterocycles. The summed E-state index contributed by atoms with van der Waals surface area (Å²) in [5, 5.41) is 6.41. The average Bonchev–Trinajstić information content (AvgIpc) is 3.06. The van der Waals surface area contributed by atoms with Crippen LogP contribution in [0.3, 0.4) is 0 Å². The van der Waals surface area contributed by atoms with Gasteiger partial charge in [0.25, 0.3) is 0 Å². The Morgan fingerprint density at radius 3 is 2.56 bits per heavy atom. The Kier molecular flexibility index (Phi) is 5.05. The molecule has 2 N–H and O–H groups in total. The maximum Gasteiger partial charge on any atom is 0.190 e. The third-order valence-corrected chi connectivity index (χ3v) is 2.80. The van der Waals surface area contributed by atoms with Crippen molar-refractivity contribution in [3.63, 3.8) is 0 Å². The molecule has 3 nitrogen and oxygen atoms in total. The van der Waals surface area contributed by atoms with Crippen molar-refractivity contribution < 1.29 is 0 Å². The first kappa shape index (κ1) is 13.3. The zero-order valence-corrected chi connectivity index (χ0v) is 11.9. The summed E-state index contributed by atoms with van der Waals surface area (Å²) in [6.07, 6.45) is 1.20. The predicted molar refractivity (Wildman–Crippen MR) is 78.6 cm³/mol. The zero-order valence-electron chi connectivity index (χ0n) is 9.60. The molecule has 0 saturated heterocycles. The van der Waals surface area contributed by atoms with Crippen molar-refractivity contribution in [2.45, 2.75) is 18.4 Å². The number of hydrogen-bond acceptors (Lipinski definition) is 1.